The van der Waals surface area contributed by atoms with E-state index < -0.39 is 24.1 Å². The number of hydrogen-bond acceptors (Lipinski definition) is 6. The van der Waals surface area contributed by atoms with E-state index in [4.69, 9.17) is 21.8 Å². The average molecular weight is 645 g/mol. The number of nitrogen functional groups attached to an aromatic ring is 1. The quantitative estimate of drug-likeness (QED) is 0.256. The van der Waals surface area contributed by atoms with Crippen molar-refractivity contribution >= 4 is 57.3 Å². The van der Waals surface area contributed by atoms with Crippen LogP contribution in [0.4, 0.5) is 5.69 Å². The molecule has 38 heavy (non-hydrogen) atoms. The number of carbonyl (C=O) groups excluding carboxylic acids is 1. The second kappa shape index (κ2) is 12.0. The fourth-order valence-corrected chi connectivity index (χ4v) is 7.40. The number of nitrogens with one attached hydrogen (secondary N) is 1. The third-order valence-electron chi connectivity index (χ3n) is 7.53. The average Bonchev–Trinajstić information content (AvgIpc) is 3.24. The zero-order valence-corrected chi connectivity index (χ0v) is 27.2. The standard InChI is InChI=1S/C27H39BrClN3O4SSi/c1-7-37(34,35)25-9-8-20(29)12-18(25)15-31-26(33)22-14-23(28)19(13-24(22)30)16-32-11-10-21(17-32)36-38(5,6)27(2,3)4/h8-9,12-14,21H,7,10-11,15-17,30H2,1-6H3,(H,31,33)/t21-/m1/s1. The molecule has 0 unspecified atom stereocenters. The Kier molecular flexibility index (Phi) is 9.80. The Labute approximate surface area is 241 Å². The minimum absolute atomic E-state index is 0.0101. The Hall–Kier alpha value is -1.43. The van der Waals surface area contributed by atoms with Crippen LogP contribution in [0.2, 0.25) is 23.2 Å². The lowest BCUT2D eigenvalue weighted by atomic mass is 10.1. The van der Waals surface area contributed by atoms with E-state index in [0.717, 1.165) is 29.5 Å². The molecule has 7 nitrogen and oxygen atoms in total. The van der Waals surface area contributed by atoms with Crippen LogP contribution in [-0.4, -0.2) is 52.5 Å². The fraction of sp³-hybridized carbons (Fsp3) is 0.519. The molecule has 0 radical (unpaired) electrons. The summed E-state index contributed by atoms with van der Waals surface area (Å²) in [5.41, 5.74) is 8.42. The van der Waals surface area contributed by atoms with Gasteiger partial charge in [0.2, 0.25) is 0 Å². The van der Waals surface area contributed by atoms with Gasteiger partial charge in [0.05, 0.1) is 22.3 Å². The van der Waals surface area contributed by atoms with Crippen molar-refractivity contribution in [2.24, 2.45) is 0 Å². The van der Waals surface area contributed by atoms with Gasteiger partial charge in [0.25, 0.3) is 5.91 Å². The van der Waals surface area contributed by atoms with Crippen LogP contribution in [0.5, 0.6) is 0 Å². The molecule has 210 valence electrons. The van der Waals surface area contributed by atoms with E-state index in [1.54, 1.807) is 19.1 Å². The Morgan fingerprint density at radius 1 is 1.24 bits per heavy atom. The topological polar surface area (TPSA) is 102 Å². The second-order valence-corrected chi connectivity index (χ2v) is 19.7. The van der Waals surface area contributed by atoms with Crippen molar-refractivity contribution in [2.75, 3.05) is 24.6 Å². The summed E-state index contributed by atoms with van der Waals surface area (Å²) in [6.45, 7) is 15.4. The molecule has 3 N–H and O–H groups in total. The molecule has 3 rings (SSSR count). The second-order valence-electron chi connectivity index (χ2n) is 11.4. The highest BCUT2D eigenvalue weighted by Gasteiger charge is 2.40. The lowest BCUT2D eigenvalue weighted by molar-refractivity contribution is 0.0951. The first-order valence-corrected chi connectivity index (χ1v) is 18.5. The van der Waals surface area contributed by atoms with E-state index in [9.17, 15) is 13.2 Å². The van der Waals surface area contributed by atoms with Gasteiger partial charge in [0.15, 0.2) is 18.2 Å². The van der Waals surface area contributed by atoms with Gasteiger partial charge in [-0.05, 0) is 66.0 Å². The van der Waals surface area contributed by atoms with E-state index in [2.05, 4.69) is 60.0 Å². The van der Waals surface area contributed by atoms with Gasteiger partial charge in [-0.15, -0.1) is 0 Å². The number of sulfone groups is 1. The molecule has 0 spiro atoms. The van der Waals surface area contributed by atoms with E-state index in [1.165, 1.54) is 12.1 Å². The first-order valence-electron chi connectivity index (χ1n) is 12.8. The molecule has 0 aliphatic carbocycles. The van der Waals surface area contributed by atoms with Crippen LogP contribution in [0.3, 0.4) is 0 Å². The number of halogens is 2. The van der Waals surface area contributed by atoms with Crippen LogP contribution < -0.4 is 11.1 Å². The minimum atomic E-state index is -3.47. The minimum Gasteiger partial charge on any atom is -0.413 e. The number of amides is 1. The molecular weight excluding hydrogens is 606 g/mol. The number of likely N-dealkylation sites (tertiary alicyclic amines) is 1. The largest absolute Gasteiger partial charge is 0.413 e. The molecule has 1 amide bonds. The zero-order chi connectivity index (χ0) is 28.5. The van der Waals surface area contributed by atoms with E-state index in [1.807, 2.05) is 6.07 Å². The van der Waals surface area contributed by atoms with Crippen molar-refractivity contribution in [1.82, 2.24) is 10.2 Å². The maximum Gasteiger partial charge on any atom is 0.253 e. The van der Waals surface area contributed by atoms with Crippen LogP contribution in [-0.2, 0) is 27.4 Å². The fourth-order valence-electron chi connectivity index (χ4n) is 4.24. The maximum atomic E-state index is 13.0. The number of carbonyl (C=O) groups is 1. The Balaban J connectivity index is 1.68. The van der Waals surface area contributed by atoms with Gasteiger partial charge >= 0.3 is 0 Å². The molecule has 2 aromatic rings. The van der Waals surface area contributed by atoms with Gasteiger partial charge in [-0.2, -0.15) is 0 Å². The molecule has 1 saturated heterocycles. The maximum absolute atomic E-state index is 13.0. The Bertz CT molecular complexity index is 1300. The van der Waals surface area contributed by atoms with Gasteiger partial charge in [0, 0.05) is 41.4 Å². The first-order chi connectivity index (χ1) is 17.5. The van der Waals surface area contributed by atoms with Crippen LogP contribution in [0, 0.1) is 0 Å². The number of benzene rings is 2. The van der Waals surface area contributed by atoms with Crippen LogP contribution in [0.25, 0.3) is 0 Å². The van der Waals surface area contributed by atoms with Crippen molar-refractivity contribution in [1.29, 1.82) is 0 Å². The molecule has 0 bridgehead atoms. The summed E-state index contributed by atoms with van der Waals surface area (Å²) in [5, 5.41) is 3.36. The predicted octanol–water partition coefficient (Wildman–Crippen LogP) is 6.00. The predicted molar refractivity (Wildman–Crippen MR) is 161 cm³/mol. The molecule has 1 heterocycles. The molecule has 0 aromatic heterocycles. The smallest absolute Gasteiger partial charge is 0.253 e. The van der Waals surface area contributed by atoms with Gasteiger partial charge in [-0.1, -0.05) is 55.2 Å². The number of hydrogen-bond donors (Lipinski definition) is 2. The summed E-state index contributed by atoms with van der Waals surface area (Å²) < 4.78 is 32.3. The lowest BCUT2D eigenvalue weighted by Crippen LogP contribution is -2.44. The van der Waals surface area contributed by atoms with Crippen molar-refractivity contribution in [3.63, 3.8) is 0 Å². The summed E-state index contributed by atoms with van der Waals surface area (Å²) in [4.78, 5) is 15.5. The molecule has 1 aliphatic heterocycles. The SMILES string of the molecule is CCS(=O)(=O)c1ccc(Cl)cc1CNC(=O)c1cc(Br)c(CN2CC[C@@H](O[Si](C)(C)C(C)(C)C)C2)cc1N. The molecule has 2 aromatic carbocycles. The molecule has 0 saturated carbocycles. The molecule has 1 atom stereocenters. The van der Waals surface area contributed by atoms with E-state index >= 15 is 0 Å². The van der Waals surface area contributed by atoms with Crippen molar-refractivity contribution in [3.8, 4) is 0 Å². The Morgan fingerprint density at radius 2 is 1.92 bits per heavy atom. The van der Waals surface area contributed by atoms with Gasteiger partial charge in [-0.25, -0.2) is 8.42 Å². The zero-order valence-electron chi connectivity index (χ0n) is 23.0. The summed E-state index contributed by atoms with van der Waals surface area (Å²) in [6.07, 6.45) is 1.23. The van der Waals surface area contributed by atoms with Crippen molar-refractivity contribution in [2.45, 2.75) is 76.3 Å². The summed E-state index contributed by atoms with van der Waals surface area (Å²) in [7, 11) is -5.29. The summed E-state index contributed by atoms with van der Waals surface area (Å²) in [5.74, 6) is -0.435. The number of anilines is 1. The van der Waals surface area contributed by atoms with E-state index in [0.29, 0.717) is 28.4 Å². The highest BCUT2D eigenvalue weighted by Crippen LogP contribution is 2.38. The van der Waals surface area contributed by atoms with Crippen molar-refractivity contribution in [3.05, 3.63) is 56.5 Å². The highest BCUT2D eigenvalue weighted by molar-refractivity contribution is 9.10. The molecular formula is C27H39BrClN3O4SSi. The highest BCUT2D eigenvalue weighted by atomic mass is 79.9. The van der Waals surface area contributed by atoms with Crippen LogP contribution in [0.1, 0.15) is 55.6 Å². The Morgan fingerprint density at radius 3 is 2.55 bits per heavy atom. The first kappa shape index (κ1) is 31.1. The lowest BCUT2D eigenvalue weighted by Gasteiger charge is -2.38. The molecule has 1 aliphatic rings. The van der Waals surface area contributed by atoms with Gasteiger partial charge < -0.3 is 15.5 Å². The van der Waals surface area contributed by atoms with Crippen LogP contribution in [0.15, 0.2) is 39.7 Å². The monoisotopic (exact) mass is 643 g/mol. The number of nitrogens with two attached hydrogens (primary N) is 1. The van der Waals surface area contributed by atoms with Gasteiger partial charge in [0.1, 0.15) is 0 Å². The number of nitrogens with zero attached hydrogens (tertiary/aromatic N) is 1. The third kappa shape index (κ3) is 7.40. The third-order valence-corrected chi connectivity index (χ3v) is 14.9. The molecule has 11 heteroatoms. The molecule has 1 fully saturated rings. The van der Waals surface area contributed by atoms with Crippen LogP contribution >= 0.6 is 27.5 Å². The van der Waals surface area contributed by atoms with Crippen molar-refractivity contribution < 1.29 is 17.6 Å². The van der Waals surface area contributed by atoms with E-state index in [-0.39, 0.29) is 28.3 Å². The summed E-state index contributed by atoms with van der Waals surface area (Å²) >= 11 is 9.71. The number of rotatable bonds is 9. The van der Waals surface area contributed by atoms with Gasteiger partial charge in [-0.3, -0.25) is 9.69 Å². The normalized spacial score (nSPS) is 17.1. The summed E-state index contributed by atoms with van der Waals surface area (Å²) in [6, 6.07) is 8.12.